The Morgan fingerprint density at radius 2 is 1.88 bits per heavy atom. The third kappa shape index (κ3) is 5.35. The van der Waals surface area contributed by atoms with E-state index in [0.29, 0.717) is 24.1 Å². The lowest BCUT2D eigenvalue weighted by Crippen LogP contribution is -2.34. The Morgan fingerprint density at radius 1 is 1.21 bits per heavy atom. The Kier molecular flexibility index (Phi) is 7.44. The predicted octanol–water partition coefficient (Wildman–Crippen LogP) is 3.22. The number of aromatic nitrogens is 5. The fraction of sp³-hybridized carbons (Fsp3) is 0.714. The number of sulfonamides is 1. The van der Waals surface area contributed by atoms with Crippen LogP contribution >= 0.6 is 11.6 Å². The Labute approximate surface area is 204 Å². The average molecular weight is 515 g/mol. The molecule has 2 aliphatic rings. The number of rotatable bonds is 8. The summed E-state index contributed by atoms with van der Waals surface area (Å²) in [6.07, 6.45) is 4.77. The van der Waals surface area contributed by atoms with Gasteiger partial charge in [-0.3, -0.25) is 9.29 Å². The molecular formula is C21H31ClN6O5S. The van der Waals surface area contributed by atoms with Gasteiger partial charge in [-0.2, -0.15) is 0 Å². The first kappa shape index (κ1) is 25.2. The highest BCUT2D eigenvalue weighted by atomic mass is 35.5. The standard InChI is InChI=1S/C21H31ClN6O5S/c1-13(17(31-4)18-23-11-14(22)12-24-18)34(29,30)27-20-26-25-19(16-5-8-21(2,3)33-16)28(20)15-6-9-32-10-7-15/h11-13,15-17H,5-10H2,1-4H3,(H,26,27)/t13?,16-,17?/m1/s1. The van der Waals surface area contributed by atoms with Crippen LogP contribution in [-0.4, -0.2) is 64.3 Å². The monoisotopic (exact) mass is 514 g/mol. The number of ether oxygens (including phenoxy) is 3. The normalized spacial score (nSPS) is 23.0. The number of nitrogens with zero attached hydrogens (tertiary/aromatic N) is 5. The quantitative estimate of drug-likeness (QED) is 0.564. The van der Waals surface area contributed by atoms with Gasteiger partial charge in [0, 0.05) is 38.8 Å². The first-order valence-corrected chi connectivity index (χ1v) is 13.3. The van der Waals surface area contributed by atoms with Crippen LogP contribution in [0.2, 0.25) is 5.02 Å². The van der Waals surface area contributed by atoms with Gasteiger partial charge < -0.3 is 14.2 Å². The molecule has 0 spiro atoms. The summed E-state index contributed by atoms with van der Waals surface area (Å²) in [7, 11) is -2.55. The summed E-state index contributed by atoms with van der Waals surface area (Å²) < 4.78 is 48.5. The fourth-order valence-corrected chi connectivity index (χ4v) is 5.65. The second-order valence-electron chi connectivity index (χ2n) is 9.27. The van der Waals surface area contributed by atoms with Crippen molar-refractivity contribution >= 4 is 27.6 Å². The van der Waals surface area contributed by atoms with Crippen molar-refractivity contribution in [1.29, 1.82) is 0 Å². The zero-order valence-electron chi connectivity index (χ0n) is 19.8. The molecule has 4 rings (SSSR count). The summed E-state index contributed by atoms with van der Waals surface area (Å²) in [5.74, 6) is 1.01. The molecule has 2 aromatic rings. The lowest BCUT2D eigenvalue weighted by molar-refractivity contribution is -0.0232. The van der Waals surface area contributed by atoms with Crippen LogP contribution in [0.25, 0.3) is 0 Å². The van der Waals surface area contributed by atoms with Crippen molar-refractivity contribution in [2.45, 2.75) is 75.6 Å². The summed E-state index contributed by atoms with van der Waals surface area (Å²) >= 11 is 5.87. The van der Waals surface area contributed by atoms with E-state index in [-0.39, 0.29) is 29.5 Å². The first-order chi connectivity index (χ1) is 16.1. The number of halogens is 1. The summed E-state index contributed by atoms with van der Waals surface area (Å²) in [4.78, 5) is 8.26. The molecular weight excluding hydrogens is 484 g/mol. The minimum absolute atomic E-state index is 0.00288. The van der Waals surface area contributed by atoms with Gasteiger partial charge in [0.15, 0.2) is 11.6 Å². The van der Waals surface area contributed by atoms with Crippen LogP contribution in [0.5, 0.6) is 0 Å². The van der Waals surface area contributed by atoms with Gasteiger partial charge in [-0.1, -0.05) is 11.6 Å². The largest absolute Gasteiger partial charge is 0.381 e. The highest BCUT2D eigenvalue weighted by Gasteiger charge is 2.39. The second-order valence-corrected chi connectivity index (χ2v) is 11.7. The van der Waals surface area contributed by atoms with E-state index in [9.17, 15) is 8.42 Å². The molecule has 2 aromatic heterocycles. The van der Waals surface area contributed by atoms with E-state index in [2.05, 4.69) is 24.9 Å². The van der Waals surface area contributed by atoms with Crippen molar-refractivity contribution in [2.75, 3.05) is 25.0 Å². The summed E-state index contributed by atoms with van der Waals surface area (Å²) in [5.41, 5.74) is -0.268. The van der Waals surface area contributed by atoms with E-state index in [1.165, 1.54) is 26.4 Å². The van der Waals surface area contributed by atoms with E-state index < -0.39 is 21.4 Å². The maximum Gasteiger partial charge on any atom is 0.240 e. The lowest BCUT2D eigenvalue weighted by Gasteiger charge is -2.28. The second kappa shape index (κ2) is 10.0. The maximum absolute atomic E-state index is 13.4. The molecule has 0 aliphatic carbocycles. The molecule has 4 heterocycles. The molecule has 1 N–H and O–H groups in total. The number of hydrogen-bond donors (Lipinski definition) is 1. The van der Waals surface area contributed by atoms with Crippen molar-refractivity contribution in [1.82, 2.24) is 24.7 Å². The van der Waals surface area contributed by atoms with Gasteiger partial charge in [0.05, 0.1) is 10.6 Å². The van der Waals surface area contributed by atoms with Crippen molar-refractivity contribution in [3.63, 3.8) is 0 Å². The van der Waals surface area contributed by atoms with Crippen molar-refractivity contribution in [3.8, 4) is 0 Å². The van der Waals surface area contributed by atoms with Crippen LogP contribution < -0.4 is 4.72 Å². The SMILES string of the molecule is COC(c1ncc(Cl)cn1)C(C)S(=O)(=O)Nc1nnc([C@H]2CCC(C)(C)O2)n1C1CCOCC1. The van der Waals surface area contributed by atoms with Crippen LogP contribution in [0.4, 0.5) is 5.95 Å². The summed E-state index contributed by atoms with van der Waals surface area (Å²) in [6.45, 7) is 6.78. The van der Waals surface area contributed by atoms with Gasteiger partial charge in [0.1, 0.15) is 17.5 Å². The van der Waals surface area contributed by atoms with Gasteiger partial charge in [-0.05, 0) is 46.5 Å². The lowest BCUT2D eigenvalue weighted by atomic mass is 10.0. The van der Waals surface area contributed by atoms with Gasteiger partial charge in [-0.25, -0.2) is 18.4 Å². The minimum atomic E-state index is -3.96. The highest BCUT2D eigenvalue weighted by molar-refractivity contribution is 7.93. The van der Waals surface area contributed by atoms with Gasteiger partial charge >= 0.3 is 0 Å². The molecule has 2 unspecified atom stereocenters. The van der Waals surface area contributed by atoms with Crippen LogP contribution in [-0.2, 0) is 24.2 Å². The molecule has 0 saturated carbocycles. The Bertz CT molecular complexity index is 1090. The van der Waals surface area contributed by atoms with Gasteiger partial charge in [-0.15, -0.1) is 10.2 Å². The van der Waals surface area contributed by atoms with Crippen molar-refractivity contribution < 1.29 is 22.6 Å². The summed E-state index contributed by atoms with van der Waals surface area (Å²) in [5, 5.41) is 7.92. The van der Waals surface area contributed by atoms with Crippen LogP contribution in [0.3, 0.4) is 0 Å². The molecule has 3 atom stereocenters. The topological polar surface area (TPSA) is 130 Å². The number of anilines is 1. The first-order valence-electron chi connectivity index (χ1n) is 11.3. The van der Waals surface area contributed by atoms with Gasteiger partial charge in [0.2, 0.25) is 16.0 Å². The van der Waals surface area contributed by atoms with Crippen LogP contribution in [0.1, 0.15) is 76.4 Å². The molecule has 11 nitrogen and oxygen atoms in total. The van der Waals surface area contributed by atoms with E-state index >= 15 is 0 Å². The predicted molar refractivity (Wildman–Crippen MR) is 125 cm³/mol. The number of nitrogens with one attached hydrogen (secondary N) is 1. The molecule has 0 amide bonds. The van der Waals surface area contributed by atoms with Crippen molar-refractivity contribution in [2.24, 2.45) is 0 Å². The highest BCUT2D eigenvalue weighted by Crippen LogP contribution is 2.40. The Morgan fingerprint density at radius 3 is 2.47 bits per heavy atom. The fourth-order valence-electron chi connectivity index (χ4n) is 4.42. The molecule has 34 heavy (non-hydrogen) atoms. The molecule has 188 valence electrons. The molecule has 2 aliphatic heterocycles. The third-order valence-electron chi connectivity index (χ3n) is 6.33. The smallest absolute Gasteiger partial charge is 0.240 e. The maximum atomic E-state index is 13.4. The van der Waals surface area contributed by atoms with E-state index in [4.69, 9.17) is 25.8 Å². The number of methoxy groups -OCH3 is 1. The molecule has 2 saturated heterocycles. The molecule has 0 aromatic carbocycles. The molecule has 2 fully saturated rings. The number of hydrogen-bond acceptors (Lipinski definition) is 9. The average Bonchev–Trinajstić information content (AvgIpc) is 3.38. The Hall–Kier alpha value is -1.86. The van der Waals surface area contributed by atoms with E-state index in [1.54, 1.807) is 0 Å². The van der Waals surface area contributed by atoms with E-state index in [0.717, 1.165) is 25.7 Å². The zero-order valence-corrected chi connectivity index (χ0v) is 21.3. The summed E-state index contributed by atoms with van der Waals surface area (Å²) in [6, 6.07) is -0.00288. The third-order valence-corrected chi connectivity index (χ3v) is 8.22. The zero-order chi connectivity index (χ0) is 24.5. The van der Waals surface area contributed by atoms with Gasteiger partial charge in [0.25, 0.3) is 0 Å². The molecule has 13 heteroatoms. The van der Waals surface area contributed by atoms with Crippen LogP contribution in [0.15, 0.2) is 12.4 Å². The van der Waals surface area contributed by atoms with Crippen LogP contribution in [0, 0.1) is 0 Å². The minimum Gasteiger partial charge on any atom is -0.381 e. The molecule has 0 bridgehead atoms. The molecule has 0 radical (unpaired) electrons. The Balaban J connectivity index is 1.63. The van der Waals surface area contributed by atoms with E-state index in [1.807, 2.05) is 18.4 Å². The van der Waals surface area contributed by atoms with Crippen molar-refractivity contribution in [3.05, 3.63) is 29.1 Å².